The van der Waals surface area contributed by atoms with Gasteiger partial charge in [0.15, 0.2) is 5.69 Å². The van der Waals surface area contributed by atoms with Crippen molar-refractivity contribution >= 4 is 34.9 Å². The Bertz CT molecular complexity index is 1030. The number of halogens is 1. The van der Waals surface area contributed by atoms with Crippen molar-refractivity contribution in [1.82, 2.24) is 15.5 Å². The molecule has 3 N–H and O–H groups in total. The predicted molar refractivity (Wildman–Crippen MR) is 102 cm³/mol. The maximum Gasteiger partial charge on any atom is 0.272 e. The molecular formula is C18H20FN4O2P. The van der Waals surface area contributed by atoms with Crippen LogP contribution in [0.5, 0.6) is 0 Å². The van der Waals surface area contributed by atoms with E-state index in [0.29, 0.717) is 34.0 Å². The van der Waals surface area contributed by atoms with Gasteiger partial charge >= 0.3 is 0 Å². The number of hydrogen-bond acceptors (Lipinski definition) is 4. The van der Waals surface area contributed by atoms with Gasteiger partial charge in [0, 0.05) is 30.0 Å². The number of benzene rings is 2. The summed E-state index contributed by atoms with van der Waals surface area (Å²) in [6.07, 6.45) is 0. The third-order valence-corrected chi connectivity index (χ3v) is 5.71. The molecular weight excluding hydrogens is 354 g/mol. The number of aromatic amines is 1. The number of carbonyl (C=O) groups is 1. The van der Waals surface area contributed by atoms with Crippen molar-refractivity contribution in [2.45, 2.75) is 6.54 Å². The topological polar surface area (TPSA) is 86.9 Å². The van der Waals surface area contributed by atoms with Gasteiger partial charge in [-0.3, -0.25) is 9.89 Å². The summed E-state index contributed by atoms with van der Waals surface area (Å²) in [5.41, 5.74) is 2.49. The zero-order chi connectivity index (χ0) is 18.9. The molecule has 3 rings (SSSR count). The summed E-state index contributed by atoms with van der Waals surface area (Å²) in [7, 11) is -0.963. The van der Waals surface area contributed by atoms with E-state index >= 15 is 0 Å². The Hall–Kier alpha value is -2.66. The highest BCUT2D eigenvalue weighted by Gasteiger charge is 2.17. The maximum absolute atomic E-state index is 13.6. The van der Waals surface area contributed by atoms with E-state index in [1.165, 1.54) is 12.1 Å². The summed E-state index contributed by atoms with van der Waals surface area (Å²) in [5.74, 6) is -0.624. The number of anilines is 1. The molecule has 0 bridgehead atoms. The first-order valence-corrected chi connectivity index (χ1v) is 10.7. The number of aromatic nitrogens is 2. The Balaban J connectivity index is 1.86. The molecule has 0 atom stereocenters. The SMILES string of the molecule is CNC(=O)c1n[nH]c2cc(NCc3cc(F)ccc3P(C)(C)=O)ccc12. The van der Waals surface area contributed by atoms with E-state index in [-0.39, 0.29) is 11.7 Å². The molecule has 0 aliphatic carbocycles. The van der Waals surface area contributed by atoms with Crippen LogP contribution in [0.1, 0.15) is 16.1 Å². The monoisotopic (exact) mass is 374 g/mol. The van der Waals surface area contributed by atoms with Gasteiger partial charge in [-0.15, -0.1) is 0 Å². The number of amides is 1. The van der Waals surface area contributed by atoms with Crippen LogP contribution in [0.25, 0.3) is 10.9 Å². The molecule has 26 heavy (non-hydrogen) atoms. The maximum atomic E-state index is 13.6. The summed E-state index contributed by atoms with van der Waals surface area (Å²) in [5, 5.41) is 14.0. The van der Waals surface area contributed by atoms with Crippen LogP contribution in [-0.4, -0.2) is 36.5 Å². The molecule has 1 heterocycles. The van der Waals surface area contributed by atoms with Crippen LogP contribution in [-0.2, 0) is 11.1 Å². The third-order valence-electron chi connectivity index (χ3n) is 4.11. The zero-order valence-corrected chi connectivity index (χ0v) is 15.7. The largest absolute Gasteiger partial charge is 0.381 e. The average Bonchev–Trinajstić information content (AvgIpc) is 3.01. The first kappa shape index (κ1) is 18.1. The predicted octanol–water partition coefficient (Wildman–Crippen LogP) is 2.92. The van der Waals surface area contributed by atoms with Crippen molar-refractivity contribution in [3.8, 4) is 0 Å². The number of nitrogens with one attached hydrogen (secondary N) is 3. The van der Waals surface area contributed by atoms with Crippen LogP contribution in [0, 0.1) is 5.82 Å². The van der Waals surface area contributed by atoms with Crippen molar-refractivity contribution in [3.63, 3.8) is 0 Å². The molecule has 2 aromatic carbocycles. The average molecular weight is 374 g/mol. The summed E-state index contributed by atoms with van der Waals surface area (Å²) in [6.45, 7) is 3.67. The zero-order valence-electron chi connectivity index (χ0n) is 14.8. The van der Waals surface area contributed by atoms with Crippen LogP contribution in [0.15, 0.2) is 36.4 Å². The van der Waals surface area contributed by atoms with Crippen molar-refractivity contribution in [2.24, 2.45) is 0 Å². The van der Waals surface area contributed by atoms with Crippen molar-refractivity contribution in [2.75, 3.05) is 25.7 Å². The van der Waals surface area contributed by atoms with Gasteiger partial charge in [0.05, 0.1) is 5.52 Å². The van der Waals surface area contributed by atoms with E-state index in [4.69, 9.17) is 0 Å². The highest BCUT2D eigenvalue weighted by atomic mass is 31.2. The second kappa shape index (κ2) is 6.92. The van der Waals surface area contributed by atoms with Gasteiger partial charge in [0.1, 0.15) is 13.0 Å². The Labute approximate surface area is 150 Å². The minimum absolute atomic E-state index is 0.261. The van der Waals surface area contributed by atoms with Crippen molar-refractivity contribution < 1.29 is 13.8 Å². The van der Waals surface area contributed by atoms with Gasteiger partial charge in [0.2, 0.25) is 0 Å². The molecule has 0 saturated heterocycles. The van der Waals surface area contributed by atoms with Crippen LogP contribution in [0.4, 0.5) is 10.1 Å². The fourth-order valence-electron chi connectivity index (χ4n) is 2.84. The lowest BCUT2D eigenvalue weighted by molar-refractivity contribution is 0.0959. The number of carbonyl (C=O) groups excluding carboxylic acids is 1. The number of H-pyrrole nitrogens is 1. The number of hydrogen-bond donors (Lipinski definition) is 3. The summed E-state index contributed by atoms with van der Waals surface area (Å²) in [4.78, 5) is 11.8. The van der Waals surface area contributed by atoms with E-state index in [9.17, 15) is 13.8 Å². The van der Waals surface area contributed by atoms with E-state index in [1.807, 2.05) is 12.1 Å². The first-order chi connectivity index (χ1) is 12.3. The number of nitrogens with zero attached hydrogens (tertiary/aromatic N) is 1. The molecule has 0 spiro atoms. The smallest absolute Gasteiger partial charge is 0.272 e. The fourth-order valence-corrected chi connectivity index (χ4v) is 4.11. The van der Waals surface area contributed by atoms with Gasteiger partial charge in [0.25, 0.3) is 5.91 Å². The van der Waals surface area contributed by atoms with Gasteiger partial charge in [-0.05, 0) is 55.3 Å². The standard InChI is InChI=1S/C18H20FN4O2P/c1-20-18(24)17-14-6-5-13(9-15(14)22-23-17)21-10-11-8-12(19)4-7-16(11)26(2,3)25/h4-9,21H,10H2,1-3H3,(H,20,24)(H,22,23). The van der Waals surface area contributed by atoms with E-state index in [2.05, 4.69) is 20.8 Å². The molecule has 3 aromatic rings. The molecule has 0 unspecified atom stereocenters. The Morgan fingerprint density at radius 2 is 2.00 bits per heavy atom. The third kappa shape index (κ3) is 3.63. The molecule has 6 nitrogen and oxygen atoms in total. The number of fused-ring (bicyclic) bond motifs is 1. The molecule has 0 aliphatic heterocycles. The van der Waals surface area contributed by atoms with Gasteiger partial charge in [-0.1, -0.05) is 0 Å². The first-order valence-electron chi connectivity index (χ1n) is 8.07. The summed E-state index contributed by atoms with van der Waals surface area (Å²) in [6, 6.07) is 9.76. The Morgan fingerprint density at radius 1 is 1.23 bits per heavy atom. The quantitative estimate of drug-likeness (QED) is 0.600. The second-order valence-corrected chi connectivity index (χ2v) is 9.57. The molecule has 0 saturated carbocycles. The molecule has 1 aromatic heterocycles. The fraction of sp³-hybridized carbons (Fsp3) is 0.222. The molecule has 136 valence electrons. The summed E-state index contributed by atoms with van der Waals surface area (Å²) >= 11 is 0. The van der Waals surface area contributed by atoms with Gasteiger partial charge < -0.3 is 15.2 Å². The van der Waals surface area contributed by atoms with E-state index in [1.54, 1.807) is 32.5 Å². The normalized spacial score (nSPS) is 11.5. The minimum atomic E-state index is -2.51. The second-order valence-electron chi connectivity index (χ2n) is 6.39. The van der Waals surface area contributed by atoms with Crippen molar-refractivity contribution in [3.05, 3.63) is 53.5 Å². The van der Waals surface area contributed by atoms with Gasteiger partial charge in [-0.25, -0.2) is 4.39 Å². The lowest BCUT2D eigenvalue weighted by Crippen LogP contribution is -2.18. The van der Waals surface area contributed by atoms with Crippen LogP contribution >= 0.6 is 7.14 Å². The van der Waals surface area contributed by atoms with Crippen LogP contribution < -0.4 is 15.9 Å². The lowest BCUT2D eigenvalue weighted by Gasteiger charge is -2.15. The molecule has 0 radical (unpaired) electrons. The van der Waals surface area contributed by atoms with Crippen LogP contribution in [0.3, 0.4) is 0 Å². The van der Waals surface area contributed by atoms with E-state index < -0.39 is 7.14 Å². The lowest BCUT2D eigenvalue weighted by atomic mass is 10.1. The minimum Gasteiger partial charge on any atom is -0.381 e. The van der Waals surface area contributed by atoms with Crippen LogP contribution in [0.2, 0.25) is 0 Å². The highest BCUT2D eigenvalue weighted by molar-refractivity contribution is 7.70. The molecule has 0 aliphatic rings. The number of rotatable bonds is 5. The Kier molecular flexibility index (Phi) is 4.83. The Morgan fingerprint density at radius 3 is 2.69 bits per heavy atom. The molecule has 0 fully saturated rings. The highest BCUT2D eigenvalue weighted by Crippen LogP contribution is 2.36. The molecule has 1 amide bonds. The van der Waals surface area contributed by atoms with Crippen molar-refractivity contribution in [1.29, 1.82) is 0 Å². The summed E-state index contributed by atoms with van der Waals surface area (Å²) < 4.78 is 26.0. The molecule has 8 heteroatoms. The van der Waals surface area contributed by atoms with E-state index in [0.717, 1.165) is 5.69 Å². The van der Waals surface area contributed by atoms with Gasteiger partial charge in [-0.2, -0.15) is 5.10 Å².